The van der Waals surface area contributed by atoms with Crippen LogP contribution in [0.25, 0.3) is 0 Å². The van der Waals surface area contributed by atoms with Gasteiger partial charge in [-0.2, -0.15) is 0 Å². The lowest BCUT2D eigenvalue weighted by Gasteiger charge is -1.95. The van der Waals surface area contributed by atoms with Gasteiger partial charge >= 0.3 is 0 Å². The number of hydrogen-bond acceptors (Lipinski definition) is 4. The summed E-state index contributed by atoms with van der Waals surface area (Å²) in [4.78, 5) is 13.6. The van der Waals surface area contributed by atoms with E-state index in [4.69, 9.17) is 5.11 Å². The summed E-state index contributed by atoms with van der Waals surface area (Å²) in [7, 11) is 1.62. The normalized spacial score (nSPS) is 9.80. The minimum Gasteiger partial charge on any atom is -0.390 e. The smallest absolute Gasteiger partial charge is 0.271 e. The Balaban J connectivity index is 3.08. The quantitative estimate of drug-likeness (QED) is 0.602. The van der Waals surface area contributed by atoms with Crippen LogP contribution in [0.3, 0.4) is 0 Å². The Bertz CT molecular complexity index is 243. The van der Waals surface area contributed by atoms with Crippen LogP contribution in [0.4, 0.5) is 5.95 Å². The molecule has 5 heteroatoms. The molecule has 1 heterocycles. The number of imidazole rings is 1. The Kier molecular flexibility index (Phi) is 1.77. The molecular weight excluding hydrogens is 134 g/mol. The zero-order valence-corrected chi connectivity index (χ0v) is 5.48. The summed E-state index contributed by atoms with van der Waals surface area (Å²) in [6.45, 7) is -0.126. The van der Waals surface area contributed by atoms with Crippen LogP contribution in [-0.2, 0) is 13.7 Å². The molecule has 0 saturated carbocycles. The summed E-state index contributed by atoms with van der Waals surface area (Å²) >= 11 is 0. The maximum atomic E-state index is 9.94. The average molecular weight is 141 g/mol. The zero-order chi connectivity index (χ0) is 7.56. The van der Waals surface area contributed by atoms with Crippen LogP contribution in [0.15, 0.2) is 11.4 Å². The van der Waals surface area contributed by atoms with Crippen molar-refractivity contribution in [3.8, 4) is 0 Å². The topological polar surface area (TPSA) is 67.5 Å². The second-order valence-electron chi connectivity index (χ2n) is 1.86. The van der Waals surface area contributed by atoms with Crippen molar-refractivity contribution in [1.29, 1.82) is 0 Å². The molecule has 0 aliphatic rings. The molecule has 54 valence electrons. The van der Waals surface area contributed by atoms with Gasteiger partial charge < -0.3 is 9.67 Å². The molecule has 0 amide bonds. The van der Waals surface area contributed by atoms with Crippen molar-refractivity contribution >= 4 is 5.95 Å². The van der Waals surface area contributed by atoms with Gasteiger partial charge in [0.15, 0.2) is 0 Å². The fourth-order valence-electron chi connectivity index (χ4n) is 0.666. The van der Waals surface area contributed by atoms with Crippen molar-refractivity contribution in [2.75, 3.05) is 0 Å². The fraction of sp³-hybridized carbons (Fsp3) is 0.400. The van der Waals surface area contributed by atoms with E-state index in [2.05, 4.69) is 10.2 Å². The van der Waals surface area contributed by atoms with E-state index in [9.17, 15) is 4.91 Å². The largest absolute Gasteiger partial charge is 0.390 e. The van der Waals surface area contributed by atoms with Crippen molar-refractivity contribution in [2.24, 2.45) is 12.2 Å². The van der Waals surface area contributed by atoms with Crippen LogP contribution in [0, 0.1) is 4.91 Å². The molecule has 1 N–H and O–H groups in total. The van der Waals surface area contributed by atoms with Gasteiger partial charge in [0.25, 0.3) is 5.95 Å². The lowest BCUT2D eigenvalue weighted by molar-refractivity contribution is 0.273. The third kappa shape index (κ3) is 0.906. The first-order valence-electron chi connectivity index (χ1n) is 2.74. The molecule has 10 heavy (non-hydrogen) atoms. The van der Waals surface area contributed by atoms with Crippen LogP contribution in [0.2, 0.25) is 0 Å². The maximum absolute atomic E-state index is 9.94. The minimum atomic E-state index is -0.126. The van der Waals surface area contributed by atoms with Crippen molar-refractivity contribution in [1.82, 2.24) is 9.55 Å². The first-order chi connectivity index (χ1) is 4.79. The van der Waals surface area contributed by atoms with E-state index in [-0.39, 0.29) is 12.6 Å². The molecule has 0 radical (unpaired) electrons. The average Bonchev–Trinajstić information content (AvgIpc) is 2.30. The summed E-state index contributed by atoms with van der Waals surface area (Å²) in [5.41, 5.74) is 0.578. The van der Waals surface area contributed by atoms with Crippen molar-refractivity contribution < 1.29 is 5.11 Å². The molecule has 1 aromatic heterocycles. The Morgan fingerprint density at radius 3 is 2.90 bits per heavy atom. The van der Waals surface area contributed by atoms with Gasteiger partial charge in [0, 0.05) is 12.2 Å². The standard InChI is InChI=1S/C5H7N3O2/c1-8-4(3-9)2-6-5(8)7-10/h2,9H,3H2,1H3. The van der Waals surface area contributed by atoms with Crippen LogP contribution >= 0.6 is 0 Å². The molecule has 1 aromatic rings. The maximum Gasteiger partial charge on any atom is 0.271 e. The fourth-order valence-corrected chi connectivity index (χ4v) is 0.666. The van der Waals surface area contributed by atoms with E-state index >= 15 is 0 Å². The van der Waals surface area contributed by atoms with Crippen molar-refractivity contribution in [3.63, 3.8) is 0 Å². The van der Waals surface area contributed by atoms with Gasteiger partial charge in [-0.05, 0) is 0 Å². The van der Waals surface area contributed by atoms with E-state index < -0.39 is 0 Å². The van der Waals surface area contributed by atoms with Crippen LogP contribution in [0.1, 0.15) is 5.69 Å². The molecule has 0 atom stereocenters. The van der Waals surface area contributed by atoms with Crippen LogP contribution < -0.4 is 0 Å². The predicted molar refractivity (Wildman–Crippen MR) is 34.6 cm³/mol. The molecule has 0 aliphatic carbocycles. The minimum absolute atomic E-state index is 0.0871. The third-order valence-corrected chi connectivity index (χ3v) is 1.30. The zero-order valence-electron chi connectivity index (χ0n) is 5.48. The third-order valence-electron chi connectivity index (χ3n) is 1.30. The molecule has 1 rings (SSSR count). The number of aliphatic hydroxyl groups excluding tert-OH is 1. The first-order valence-corrected chi connectivity index (χ1v) is 2.74. The van der Waals surface area contributed by atoms with E-state index in [1.807, 2.05) is 0 Å². The van der Waals surface area contributed by atoms with Crippen molar-refractivity contribution in [2.45, 2.75) is 6.61 Å². The van der Waals surface area contributed by atoms with Gasteiger partial charge in [-0.25, -0.2) is 4.98 Å². The Hall–Kier alpha value is -1.23. The van der Waals surface area contributed by atoms with E-state index in [0.717, 1.165) is 0 Å². The monoisotopic (exact) mass is 141 g/mol. The lowest BCUT2D eigenvalue weighted by Crippen LogP contribution is -1.94. The molecule has 0 saturated heterocycles. The van der Waals surface area contributed by atoms with E-state index in [1.54, 1.807) is 7.05 Å². The highest BCUT2D eigenvalue weighted by Gasteiger charge is 2.03. The second kappa shape index (κ2) is 2.57. The second-order valence-corrected chi connectivity index (χ2v) is 1.86. The summed E-state index contributed by atoms with van der Waals surface area (Å²) < 4.78 is 1.44. The molecule has 0 aliphatic heterocycles. The van der Waals surface area contributed by atoms with Crippen molar-refractivity contribution in [3.05, 3.63) is 16.8 Å². The van der Waals surface area contributed by atoms with Crippen LogP contribution in [0.5, 0.6) is 0 Å². The van der Waals surface area contributed by atoms with E-state index in [1.165, 1.54) is 10.8 Å². The number of hydrogen-bond donors (Lipinski definition) is 1. The van der Waals surface area contributed by atoms with Crippen LogP contribution in [-0.4, -0.2) is 14.7 Å². The highest BCUT2D eigenvalue weighted by molar-refractivity contribution is 5.20. The Morgan fingerprint density at radius 2 is 2.60 bits per heavy atom. The molecule has 0 aromatic carbocycles. The highest BCUT2D eigenvalue weighted by atomic mass is 16.3. The molecule has 5 nitrogen and oxygen atoms in total. The molecule has 0 spiro atoms. The first kappa shape index (κ1) is 6.88. The van der Waals surface area contributed by atoms with Gasteiger partial charge in [-0.1, -0.05) is 0 Å². The highest BCUT2D eigenvalue weighted by Crippen LogP contribution is 2.09. The summed E-state index contributed by atoms with van der Waals surface area (Å²) in [6, 6.07) is 0. The number of rotatable bonds is 2. The Labute approximate surface area is 57.3 Å². The number of aliphatic hydroxyl groups is 1. The predicted octanol–water partition coefficient (Wildman–Crippen LogP) is 0.310. The van der Waals surface area contributed by atoms with Gasteiger partial charge in [0.05, 0.1) is 18.5 Å². The Morgan fingerprint density at radius 1 is 1.90 bits per heavy atom. The summed E-state index contributed by atoms with van der Waals surface area (Å²) in [5.74, 6) is 0.0871. The molecular formula is C5H7N3O2. The summed E-state index contributed by atoms with van der Waals surface area (Å²) in [5, 5.41) is 11.3. The van der Waals surface area contributed by atoms with Gasteiger partial charge in [-0.15, -0.1) is 4.91 Å². The lowest BCUT2D eigenvalue weighted by atomic mass is 10.5. The summed E-state index contributed by atoms with van der Waals surface area (Å²) in [6.07, 6.45) is 1.41. The van der Waals surface area contributed by atoms with E-state index in [0.29, 0.717) is 5.69 Å². The van der Waals surface area contributed by atoms with Gasteiger partial charge in [0.2, 0.25) is 0 Å². The molecule has 0 fully saturated rings. The molecule has 0 unspecified atom stereocenters. The van der Waals surface area contributed by atoms with Gasteiger partial charge in [-0.3, -0.25) is 0 Å². The molecule has 0 bridgehead atoms. The van der Waals surface area contributed by atoms with Gasteiger partial charge in [0.1, 0.15) is 0 Å². The SMILES string of the molecule is Cn1c(CO)cnc1N=O. The number of nitroso groups, excluding NO2 is 1. The number of aromatic nitrogens is 2. The number of nitrogens with zero attached hydrogens (tertiary/aromatic N) is 3.